The van der Waals surface area contributed by atoms with Crippen LogP contribution < -0.4 is 5.73 Å². The van der Waals surface area contributed by atoms with Gasteiger partial charge < -0.3 is 19.8 Å². The Morgan fingerprint density at radius 2 is 2.44 bits per heavy atom. The summed E-state index contributed by atoms with van der Waals surface area (Å²) < 4.78 is 12.3. The molecule has 18 heavy (non-hydrogen) atoms. The van der Waals surface area contributed by atoms with E-state index in [1.807, 2.05) is 18.2 Å². The van der Waals surface area contributed by atoms with Gasteiger partial charge in [0.05, 0.1) is 17.6 Å². The van der Waals surface area contributed by atoms with Crippen LogP contribution in [0.15, 0.2) is 18.2 Å². The Labute approximate surface area is 103 Å². The number of hydrogen-bond acceptors (Lipinski definition) is 4. The first-order valence-electron chi connectivity index (χ1n) is 5.72. The van der Waals surface area contributed by atoms with Crippen LogP contribution in [0.2, 0.25) is 0 Å². The van der Waals surface area contributed by atoms with Crippen molar-refractivity contribution < 1.29 is 14.3 Å². The van der Waals surface area contributed by atoms with Gasteiger partial charge in [-0.15, -0.1) is 0 Å². The van der Waals surface area contributed by atoms with E-state index in [0.717, 1.165) is 29.0 Å². The summed E-state index contributed by atoms with van der Waals surface area (Å²) in [5, 5.41) is 0. The first-order chi connectivity index (χ1) is 8.74. The quantitative estimate of drug-likeness (QED) is 0.863. The third kappa shape index (κ3) is 1.91. The number of rotatable bonds is 2. The summed E-state index contributed by atoms with van der Waals surface area (Å²) in [6, 6.07) is 5.80. The monoisotopic (exact) mass is 247 g/mol. The fraction of sp³-hybridized carbons (Fsp3) is 0.333. The molecule has 1 aromatic carbocycles. The van der Waals surface area contributed by atoms with Gasteiger partial charge in [0, 0.05) is 6.54 Å². The summed E-state index contributed by atoms with van der Waals surface area (Å²) in [7, 11) is 0. The minimum atomic E-state index is -0.771. The van der Waals surface area contributed by atoms with Crippen molar-refractivity contribution in [3.8, 4) is 0 Å². The topological polar surface area (TPSA) is 79.4 Å². The average molecular weight is 247 g/mol. The molecule has 2 N–H and O–H groups in total. The zero-order chi connectivity index (χ0) is 12.5. The number of imidazole rings is 1. The molecule has 0 aliphatic carbocycles. The summed E-state index contributed by atoms with van der Waals surface area (Å²) in [4.78, 5) is 15.1. The number of nitrogens with two attached hydrogens (primary N) is 1. The van der Waals surface area contributed by atoms with E-state index in [1.165, 1.54) is 0 Å². The number of amides is 1. The van der Waals surface area contributed by atoms with Crippen molar-refractivity contribution in [2.24, 2.45) is 5.73 Å². The average Bonchev–Trinajstić information content (AvgIpc) is 2.73. The Balaban J connectivity index is 1.95. The third-order valence-corrected chi connectivity index (χ3v) is 2.96. The summed E-state index contributed by atoms with van der Waals surface area (Å²) >= 11 is 0. The van der Waals surface area contributed by atoms with Crippen molar-refractivity contribution in [1.29, 1.82) is 0 Å². The molecule has 0 saturated carbocycles. The standard InChI is InChI=1S/C12H13N3O3/c13-12(16)18-6-8-1-2-10-9(5-8)14-11-7-17-4-3-15(10)11/h1-2,5H,3-4,6-7H2,(H2,13,16). The van der Waals surface area contributed by atoms with Gasteiger partial charge in [-0.05, 0) is 17.7 Å². The Hall–Kier alpha value is -2.08. The van der Waals surface area contributed by atoms with Crippen LogP contribution in [-0.2, 0) is 29.2 Å². The Bertz CT molecular complexity index is 606. The van der Waals surface area contributed by atoms with Crippen molar-refractivity contribution in [3.05, 3.63) is 29.6 Å². The lowest BCUT2D eigenvalue weighted by molar-refractivity contribution is 0.0830. The molecular formula is C12H13N3O3. The van der Waals surface area contributed by atoms with E-state index in [9.17, 15) is 4.79 Å². The molecule has 0 radical (unpaired) electrons. The van der Waals surface area contributed by atoms with Crippen LogP contribution in [0.5, 0.6) is 0 Å². The van der Waals surface area contributed by atoms with Crippen molar-refractivity contribution in [2.75, 3.05) is 6.61 Å². The van der Waals surface area contributed by atoms with E-state index >= 15 is 0 Å². The van der Waals surface area contributed by atoms with Crippen LogP contribution in [0.4, 0.5) is 4.79 Å². The lowest BCUT2D eigenvalue weighted by atomic mass is 10.2. The van der Waals surface area contributed by atoms with Gasteiger partial charge in [-0.3, -0.25) is 0 Å². The number of fused-ring (bicyclic) bond motifs is 3. The second kappa shape index (κ2) is 4.30. The van der Waals surface area contributed by atoms with Crippen molar-refractivity contribution in [2.45, 2.75) is 19.8 Å². The molecular weight excluding hydrogens is 234 g/mol. The van der Waals surface area contributed by atoms with E-state index in [4.69, 9.17) is 15.2 Å². The molecule has 0 atom stereocenters. The summed E-state index contributed by atoms with van der Waals surface area (Å²) in [5.74, 6) is 0.934. The maximum absolute atomic E-state index is 10.6. The van der Waals surface area contributed by atoms with Crippen molar-refractivity contribution in [1.82, 2.24) is 9.55 Å². The van der Waals surface area contributed by atoms with Crippen LogP contribution in [0.1, 0.15) is 11.4 Å². The number of carbonyl (C=O) groups is 1. The molecule has 0 fully saturated rings. The number of nitrogens with zero attached hydrogens (tertiary/aromatic N) is 2. The summed E-state index contributed by atoms with van der Waals surface area (Å²) in [6.45, 7) is 2.25. The van der Waals surface area contributed by atoms with Crippen molar-refractivity contribution >= 4 is 17.1 Å². The molecule has 0 spiro atoms. The third-order valence-electron chi connectivity index (χ3n) is 2.96. The van der Waals surface area contributed by atoms with Gasteiger partial charge in [-0.2, -0.15) is 0 Å². The second-order valence-electron chi connectivity index (χ2n) is 4.16. The van der Waals surface area contributed by atoms with Crippen LogP contribution in [0.3, 0.4) is 0 Å². The molecule has 0 bridgehead atoms. The molecule has 3 rings (SSSR count). The fourth-order valence-electron chi connectivity index (χ4n) is 2.15. The molecule has 94 valence electrons. The molecule has 2 aromatic rings. The second-order valence-corrected chi connectivity index (χ2v) is 4.16. The number of carbonyl (C=O) groups excluding carboxylic acids is 1. The predicted octanol–water partition coefficient (Wildman–Crippen LogP) is 1.16. The number of ether oxygens (including phenoxy) is 2. The number of benzene rings is 1. The lowest BCUT2D eigenvalue weighted by Gasteiger charge is -2.14. The van der Waals surface area contributed by atoms with Gasteiger partial charge >= 0.3 is 6.09 Å². The van der Waals surface area contributed by atoms with Gasteiger partial charge in [0.2, 0.25) is 0 Å². The van der Waals surface area contributed by atoms with E-state index in [2.05, 4.69) is 9.55 Å². The van der Waals surface area contributed by atoms with Crippen LogP contribution in [0, 0.1) is 0 Å². The minimum absolute atomic E-state index is 0.171. The van der Waals surface area contributed by atoms with Gasteiger partial charge in [0.1, 0.15) is 19.0 Å². The Kier molecular flexibility index (Phi) is 2.64. The van der Waals surface area contributed by atoms with E-state index < -0.39 is 6.09 Å². The normalized spacial score (nSPS) is 14.4. The van der Waals surface area contributed by atoms with Crippen LogP contribution >= 0.6 is 0 Å². The number of aromatic nitrogens is 2. The SMILES string of the molecule is NC(=O)OCc1ccc2c(c1)nc1n2CCOC1. The number of primary amides is 1. The molecule has 6 nitrogen and oxygen atoms in total. The van der Waals surface area contributed by atoms with E-state index in [0.29, 0.717) is 13.2 Å². The van der Waals surface area contributed by atoms with Crippen LogP contribution in [-0.4, -0.2) is 22.3 Å². The minimum Gasteiger partial charge on any atom is -0.445 e. The molecule has 2 heterocycles. The zero-order valence-electron chi connectivity index (χ0n) is 9.76. The van der Waals surface area contributed by atoms with E-state index in [-0.39, 0.29) is 6.61 Å². The van der Waals surface area contributed by atoms with Gasteiger partial charge in [-0.25, -0.2) is 9.78 Å². The lowest BCUT2D eigenvalue weighted by Crippen LogP contribution is -2.16. The molecule has 0 saturated heterocycles. The van der Waals surface area contributed by atoms with Gasteiger partial charge in [-0.1, -0.05) is 6.07 Å². The highest BCUT2D eigenvalue weighted by atomic mass is 16.5. The molecule has 1 aromatic heterocycles. The zero-order valence-corrected chi connectivity index (χ0v) is 9.76. The van der Waals surface area contributed by atoms with Gasteiger partial charge in [0.25, 0.3) is 0 Å². The summed E-state index contributed by atoms with van der Waals surface area (Å²) in [6.07, 6.45) is -0.771. The molecule has 0 unspecified atom stereocenters. The highest BCUT2D eigenvalue weighted by molar-refractivity contribution is 5.77. The van der Waals surface area contributed by atoms with E-state index in [1.54, 1.807) is 0 Å². The maximum atomic E-state index is 10.6. The summed E-state index contributed by atoms with van der Waals surface area (Å²) in [5.41, 5.74) is 7.78. The Morgan fingerprint density at radius 1 is 1.56 bits per heavy atom. The maximum Gasteiger partial charge on any atom is 0.404 e. The largest absolute Gasteiger partial charge is 0.445 e. The van der Waals surface area contributed by atoms with Gasteiger partial charge in [0.15, 0.2) is 0 Å². The highest BCUT2D eigenvalue weighted by Gasteiger charge is 2.14. The van der Waals surface area contributed by atoms with Crippen LogP contribution in [0.25, 0.3) is 11.0 Å². The molecule has 6 heteroatoms. The molecule has 1 aliphatic heterocycles. The fourth-order valence-corrected chi connectivity index (χ4v) is 2.15. The molecule has 1 aliphatic rings. The first-order valence-corrected chi connectivity index (χ1v) is 5.72. The Morgan fingerprint density at radius 3 is 3.28 bits per heavy atom. The predicted molar refractivity (Wildman–Crippen MR) is 63.8 cm³/mol. The first kappa shape index (κ1) is 11.0. The molecule has 1 amide bonds. The van der Waals surface area contributed by atoms with Crippen molar-refractivity contribution in [3.63, 3.8) is 0 Å². The highest BCUT2D eigenvalue weighted by Crippen LogP contribution is 2.21. The smallest absolute Gasteiger partial charge is 0.404 e. The number of hydrogen-bond donors (Lipinski definition) is 1.